The van der Waals surface area contributed by atoms with Gasteiger partial charge in [-0.05, 0) is 41.5 Å². The zero-order valence-corrected chi connectivity index (χ0v) is 26.7. The Morgan fingerprint density at radius 1 is 0.605 bits per heavy atom. The van der Waals surface area contributed by atoms with E-state index in [0.717, 1.165) is 0 Å². The minimum absolute atomic E-state index is 0.0325. The van der Waals surface area contributed by atoms with Crippen molar-refractivity contribution in [2.75, 3.05) is 65.9 Å². The van der Waals surface area contributed by atoms with Crippen LogP contribution in [0.5, 0.6) is 0 Å². The normalized spacial score (nSPS) is 9.86. The molecule has 14 heteroatoms. The Morgan fingerprint density at radius 2 is 0.977 bits per heavy atom. The topological polar surface area (TPSA) is 188 Å². The average Bonchev–Trinajstić information content (AvgIpc) is 2.89. The fourth-order valence-electron chi connectivity index (χ4n) is 1.90. The van der Waals surface area contributed by atoms with Gasteiger partial charge in [-0.1, -0.05) is 19.7 Å². The van der Waals surface area contributed by atoms with Gasteiger partial charge < -0.3 is 44.2 Å². The van der Waals surface area contributed by atoms with Gasteiger partial charge in [0.15, 0.2) is 0 Å². The lowest BCUT2D eigenvalue weighted by Crippen LogP contribution is -2.34. The van der Waals surface area contributed by atoms with Crippen LogP contribution < -0.4 is 11.1 Å². The lowest BCUT2D eigenvalue weighted by Gasteiger charge is -2.19. The molecule has 43 heavy (non-hydrogen) atoms. The Labute approximate surface area is 254 Å². The third-order valence-corrected chi connectivity index (χ3v) is 3.77. The zero-order chi connectivity index (χ0) is 33.8. The van der Waals surface area contributed by atoms with Gasteiger partial charge in [0.25, 0.3) is 0 Å². The first-order valence-electron chi connectivity index (χ1n) is 13.4. The highest BCUT2D eigenvalue weighted by Gasteiger charge is 2.15. The summed E-state index contributed by atoms with van der Waals surface area (Å²) in [6, 6.07) is 0. The van der Waals surface area contributed by atoms with E-state index in [1.54, 1.807) is 41.5 Å². The first kappa shape index (κ1) is 43.7. The zero-order valence-electron chi connectivity index (χ0n) is 26.7. The maximum absolute atomic E-state index is 11.2. The lowest BCUT2D eigenvalue weighted by molar-refractivity contribution is -0.147. The maximum atomic E-state index is 11.2. The van der Waals surface area contributed by atoms with Crippen LogP contribution >= 0.6 is 0 Å². The van der Waals surface area contributed by atoms with Gasteiger partial charge in [0.2, 0.25) is 0 Å². The number of carbonyl (C=O) groups excluding carboxylic acids is 5. The Hall–Kier alpha value is -3.75. The second-order valence-corrected chi connectivity index (χ2v) is 9.53. The predicted octanol–water partition coefficient (Wildman–Crippen LogP) is 2.40. The molecule has 0 saturated heterocycles. The largest absolute Gasteiger partial charge is 0.463 e. The molecule has 0 aliphatic rings. The molecule has 0 atom stereocenters. The first-order valence-corrected chi connectivity index (χ1v) is 13.4. The summed E-state index contributed by atoms with van der Waals surface area (Å²) in [5.74, 6) is -1.69. The number of nitrogens with one attached hydrogen (secondary N) is 1. The van der Waals surface area contributed by atoms with Gasteiger partial charge in [-0.3, -0.25) is 4.79 Å². The number of alkyl carbamates (subject to hydrolysis) is 1. The van der Waals surface area contributed by atoms with Gasteiger partial charge in [0.05, 0.1) is 26.4 Å². The van der Waals surface area contributed by atoms with E-state index in [1.165, 1.54) is 6.92 Å². The second kappa shape index (κ2) is 27.1. The van der Waals surface area contributed by atoms with E-state index in [-0.39, 0.29) is 32.4 Å². The predicted molar refractivity (Wildman–Crippen MR) is 159 cm³/mol. The summed E-state index contributed by atoms with van der Waals surface area (Å²) in [6.07, 6.45) is -0.482. The molecule has 14 nitrogen and oxygen atoms in total. The molecule has 248 valence electrons. The molecule has 1 amide bonds. The van der Waals surface area contributed by atoms with E-state index in [4.69, 9.17) is 24.7 Å². The van der Waals surface area contributed by atoms with E-state index >= 15 is 0 Å². The van der Waals surface area contributed by atoms with Crippen molar-refractivity contribution in [1.82, 2.24) is 5.32 Å². The third kappa shape index (κ3) is 36.2. The Balaban J connectivity index is -0.000000588. The number of nitrogens with two attached hydrogens (primary N) is 1. The highest BCUT2D eigenvalue weighted by Crippen LogP contribution is 2.06. The van der Waals surface area contributed by atoms with Gasteiger partial charge in [-0.25, -0.2) is 19.2 Å². The summed E-state index contributed by atoms with van der Waals surface area (Å²) in [7, 11) is 0. The van der Waals surface area contributed by atoms with Crippen LogP contribution in [0.4, 0.5) is 4.79 Å². The van der Waals surface area contributed by atoms with Crippen molar-refractivity contribution in [2.24, 2.45) is 5.73 Å². The molecule has 0 aliphatic heterocycles. The summed E-state index contributed by atoms with van der Waals surface area (Å²) >= 11 is 0. The standard InChI is InChI=1S/C13H23NO5.C10H14O4.C6H13NO3/c1-10(2)11(15)18-9-8-17-7-6-14-12(16)19-13(3,4)5;1-7(2)9(11)13-5-6-14-10(12)8(3)4;1-6(8)10-5-4-9-3-2-7/h1,6-9H2,2-5H3,(H,14,16);1,3,5-6H2,2,4H3;2-5,7H2,1H3. The van der Waals surface area contributed by atoms with Gasteiger partial charge >= 0.3 is 30.0 Å². The lowest BCUT2D eigenvalue weighted by atomic mass is 10.2. The molecule has 0 aromatic carbocycles. The van der Waals surface area contributed by atoms with E-state index in [9.17, 15) is 24.0 Å². The van der Waals surface area contributed by atoms with Gasteiger partial charge in [-0.2, -0.15) is 0 Å². The van der Waals surface area contributed by atoms with Crippen LogP contribution in [0.1, 0.15) is 48.5 Å². The van der Waals surface area contributed by atoms with Crippen molar-refractivity contribution in [3.05, 3.63) is 36.5 Å². The molecule has 0 unspecified atom stereocenters. The smallest absolute Gasteiger partial charge is 0.407 e. The molecule has 0 aromatic heterocycles. The molecule has 0 heterocycles. The average molecular weight is 619 g/mol. The number of amides is 1. The SMILES string of the molecule is C=C(C)C(=O)OCCOC(=O)C(=C)C.C=C(C)C(=O)OCCOCCNC(=O)OC(C)(C)C.CC(=O)OCCOCCN. The quantitative estimate of drug-likeness (QED) is 0.105. The van der Waals surface area contributed by atoms with E-state index in [2.05, 4.69) is 39.3 Å². The maximum Gasteiger partial charge on any atom is 0.407 e. The fraction of sp³-hybridized carbons (Fsp3) is 0.621. The van der Waals surface area contributed by atoms with Gasteiger partial charge in [-0.15, -0.1) is 0 Å². The monoisotopic (exact) mass is 618 g/mol. The minimum Gasteiger partial charge on any atom is -0.463 e. The molecular weight excluding hydrogens is 568 g/mol. The van der Waals surface area contributed by atoms with Crippen LogP contribution in [0.15, 0.2) is 36.5 Å². The molecule has 0 radical (unpaired) electrons. The highest BCUT2D eigenvalue weighted by molar-refractivity contribution is 5.87. The fourth-order valence-corrected chi connectivity index (χ4v) is 1.90. The summed E-state index contributed by atoms with van der Waals surface area (Å²) in [6.45, 7) is 24.6. The van der Waals surface area contributed by atoms with Crippen LogP contribution in [-0.2, 0) is 52.3 Å². The van der Waals surface area contributed by atoms with E-state index in [0.29, 0.717) is 56.2 Å². The van der Waals surface area contributed by atoms with Crippen molar-refractivity contribution in [3.8, 4) is 0 Å². The van der Waals surface area contributed by atoms with Crippen molar-refractivity contribution >= 4 is 30.0 Å². The summed E-state index contributed by atoms with van der Waals surface area (Å²) in [5.41, 5.74) is 5.61. The molecule has 0 fully saturated rings. The van der Waals surface area contributed by atoms with E-state index in [1.807, 2.05) is 0 Å². The molecule has 0 rings (SSSR count). The van der Waals surface area contributed by atoms with E-state index < -0.39 is 29.6 Å². The van der Waals surface area contributed by atoms with Crippen LogP contribution in [0.25, 0.3) is 0 Å². The molecule has 3 N–H and O–H groups in total. The van der Waals surface area contributed by atoms with Gasteiger partial charge in [0.1, 0.15) is 32.0 Å². The molecule has 0 aliphatic carbocycles. The Morgan fingerprint density at radius 3 is 1.33 bits per heavy atom. The molecule has 0 aromatic rings. The number of hydrogen-bond acceptors (Lipinski definition) is 13. The highest BCUT2D eigenvalue weighted by atomic mass is 16.6. The summed E-state index contributed by atoms with van der Waals surface area (Å²) in [4.78, 5) is 54.1. The van der Waals surface area contributed by atoms with Crippen LogP contribution in [0, 0.1) is 0 Å². The molecule has 0 saturated carbocycles. The summed E-state index contributed by atoms with van der Waals surface area (Å²) in [5, 5.41) is 2.55. The van der Waals surface area contributed by atoms with Crippen molar-refractivity contribution in [1.29, 1.82) is 0 Å². The number of rotatable bonds is 17. The molecule has 0 spiro atoms. The van der Waals surface area contributed by atoms with Crippen molar-refractivity contribution in [3.63, 3.8) is 0 Å². The number of carbonyl (C=O) groups is 5. The number of hydrogen-bond donors (Lipinski definition) is 2. The number of ether oxygens (including phenoxy) is 7. The van der Waals surface area contributed by atoms with Crippen molar-refractivity contribution < 1.29 is 57.1 Å². The van der Waals surface area contributed by atoms with Gasteiger partial charge in [0, 0.05) is 36.7 Å². The minimum atomic E-state index is -0.512. The number of esters is 4. The first-order chi connectivity index (χ1) is 19.9. The summed E-state index contributed by atoms with van der Waals surface area (Å²) < 4.78 is 33.9. The van der Waals surface area contributed by atoms with Crippen molar-refractivity contribution in [2.45, 2.75) is 54.1 Å². The van der Waals surface area contributed by atoms with Crippen LogP contribution in [0.2, 0.25) is 0 Å². The Bertz CT molecular complexity index is 866. The van der Waals surface area contributed by atoms with Crippen LogP contribution in [0.3, 0.4) is 0 Å². The molecule has 0 bridgehead atoms. The Kier molecular flexibility index (Phi) is 27.5. The van der Waals surface area contributed by atoms with Crippen LogP contribution in [-0.4, -0.2) is 102 Å². The second-order valence-electron chi connectivity index (χ2n) is 9.53. The molecular formula is C29H50N2O12. The third-order valence-electron chi connectivity index (χ3n) is 3.77.